The molecule has 0 aliphatic carbocycles. The number of rotatable bonds is 22. The zero-order chi connectivity index (χ0) is 32.9. The molecule has 2 unspecified atom stereocenters. The smallest absolute Gasteiger partial charge is 0.321 e. The first kappa shape index (κ1) is 37.3. The van der Waals surface area contributed by atoms with Gasteiger partial charge in [0, 0.05) is 26.2 Å². The van der Waals surface area contributed by atoms with Gasteiger partial charge in [-0.05, 0) is 36.0 Å². The van der Waals surface area contributed by atoms with Gasteiger partial charge in [-0.1, -0.05) is 52.7 Å². The third kappa shape index (κ3) is 12.2. The lowest BCUT2D eigenvalue weighted by Crippen LogP contribution is -2.55. The Labute approximate surface area is 251 Å². The van der Waals surface area contributed by atoms with E-state index in [9.17, 15) is 54.6 Å². The summed E-state index contributed by atoms with van der Waals surface area (Å²) in [5.74, 6) is -7.05. The van der Waals surface area contributed by atoms with Gasteiger partial charge in [0.25, 0.3) is 0 Å². The predicted molar refractivity (Wildman–Crippen MR) is 155 cm³/mol. The van der Waals surface area contributed by atoms with Crippen molar-refractivity contribution in [2.75, 3.05) is 39.3 Å². The average Bonchev–Trinajstić information content (AvgIpc) is 2.91. The fraction of sp³-hybridized carbons (Fsp3) is 0.621. The third-order valence-electron chi connectivity index (χ3n) is 7.78. The second-order valence-electron chi connectivity index (χ2n) is 10.8. The number of hydrogen-bond acceptors (Lipinski definition) is 9. The quantitative estimate of drug-likeness (QED) is 0.109. The maximum atomic E-state index is 12.6. The number of carboxylic acid groups (broad SMARTS) is 5. The molecule has 0 radical (unpaired) electrons. The van der Waals surface area contributed by atoms with Gasteiger partial charge in [0.05, 0.1) is 13.1 Å². The molecule has 0 aliphatic rings. The maximum absolute atomic E-state index is 12.6. The highest BCUT2D eigenvalue weighted by Crippen LogP contribution is 2.19. The molecule has 0 aliphatic heterocycles. The second kappa shape index (κ2) is 18.0. The first-order chi connectivity index (χ1) is 20.1. The lowest BCUT2D eigenvalue weighted by molar-refractivity contribution is -0.150. The van der Waals surface area contributed by atoms with E-state index in [-0.39, 0.29) is 38.3 Å². The Balaban J connectivity index is 3.49. The molecule has 1 aromatic rings. The van der Waals surface area contributed by atoms with Crippen LogP contribution in [0.1, 0.15) is 46.1 Å². The molecule has 0 spiro atoms. The van der Waals surface area contributed by atoms with E-state index in [1.54, 1.807) is 39.8 Å². The van der Waals surface area contributed by atoms with Gasteiger partial charge in [-0.25, -0.2) is 0 Å². The predicted octanol–water partition coefficient (Wildman–Crippen LogP) is 1.46. The summed E-state index contributed by atoms with van der Waals surface area (Å²) in [5, 5.41) is 58.7. The van der Waals surface area contributed by atoms with Crippen LogP contribution in [0.5, 0.6) is 5.75 Å². The normalized spacial score (nSPS) is 15.1. The molecule has 1 rings (SSSR count). The Kier molecular flexibility index (Phi) is 15.6. The molecule has 242 valence electrons. The third-order valence-corrected chi connectivity index (χ3v) is 7.78. The molecular weight excluding hydrogens is 566 g/mol. The van der Waals surface area contributed by atoms with Crippen LogP contribution in [-0.4, -0.2) is 133 Å². The van der Waals surface area contributed by atoms with Crippen LogP contribution < -0.4 is 0 Å². The van der Waals surface area contributed by atoms with E-state index in [1.807, 2.05) is 0 Å². The van der Waals surface area contributed by atoms with Crippen molar-refractivity contribution in [1.29, 1.82) is 0 Å². The van der Waals surface area contributed by atoms with Crippen molar-refractivity contribution in [3.8, 4) is 5.75 Å². The van der Waals surface area contributed by atoms with Crippen LogP contribution in [0, 0.1) is 11.8 Å². The van der Waals surface area contributed by atoms with E-state index in [0.29, 0.717) is 18.4 Å². The van der Waals surface area contributed by atoms with Crippen LogP contribution in [0.4, 0.5) is 0 Å². The summed E-state index contributed by atoms with van der Waals surface area (Å²) in [4.78, 5) is 64.2. The Morgan fingerprint density at radius 2 is 1.00 bits per heavy atom. The van der Waals surface area contributed by atoms with Crippen LogP contribution in [0.25, 0.3) is 0 Å². The van der Waals surface area contributed by atoms with Crippen molar-refractivity contribution in [3.63, 3.8) is 0 Å². The number of nitrogens with zero attached hydrogens (tertiary/aromatic N) is 3. The Morgan fingerprint density at radius 1 is 0.628 bits per heavy atom. The van der Waals surface area contributed by atoms with Crippen molar-refractivity contribution in [2.45, 2.75) is 65.1 Å². The minimum absolute atomic E-state index is 0.0179. The molecule has 0 saturated heterocycles. The summed E-state index contributed by atoms with van der Waals surface area (Å²) in [6, 6.07) is 2.35. The number of phenols is 1. The molecule has 0 amide bonds. The molecule has 43 heavy (non-hydrogen) atoms. The standard InChI is InChI=1S/C29H45N3O11/c1-5-18(3)25(28(40)41)31(16-23(34)35)13-11-30(22(27(38)39)15-20-7-9-21(33)10-8-20)12-14-32(17-24(36)37)26(29(42)43)19(4)6-2/h7-10,18-19,22,25-26,33H,5-6,11-17H2,1-4H3,(H,34,35)(H,36,37)(H,38,39)(H,40,41)(H,42,43)/t18-,19?,22-,25-,26?/m0/s1. The highest BCUT2D eigenvalue weighted by molar-refractivity contribution is 5.77. The largest absolute Gasteiger partial charge is 0.508 e. The van der Waals surface area contributed by atoms with Crippen LogP contribution in [0.2, 0.25) is 0 Å². The van der Waals surface area contributed by atoms with E-state index >= 15 is 0 Å². The van der Waals surface area contributed by atoms with Crippen molar-refractivity contribution in [2.24, 2.45) is 11.8 Å². The second-order valence-corrected chi connectivity index (χ2v) is 10.8. The lowest BCUT2D eigenvalue weighted by Gasteiger charge is -2.37. The number of aliphatic carboxylic acids is 5. The van der Waals surface area contributed by atoms with Gasteiger partial charge in [0.2, 0.25) is 0 Å². The minimum atomic E-state index is -1.26. The summed E-state index contributed by atoms with van der Waals surface area (Å²) in [5.41, 5.74) is 0.561. The van der Waals surface area contributed by atoms with E-state index in [4.69, 9.17) is 0 Å². The zero-order valence-electron chi connectivity index (χ0n) is 25.1. The van der Waals surface area contributed by atoms with Crippen LogP contribution in [0.3, 0.4) is 0 Å². The fourth-order valence-corrected chi connectivity index (χ4v) is 5.11. The van der Waals surface area contributed by atoms with Crippen LogP contribution in [0.15, 0.2) is 24.3 Å². The first-order valence-corrected chi connectivity index (χ1v) is 14.2. The summed E-state index contributed by atoms with van der Waals surface area (Å²) in [7, 11) is 0. The van der Waals surface area contributed by atoms with Gasteiger partial charge in [-0.3, -0.25) is 38.7 Å². The van der Waals surface area contributed by atoms with Crippen molar-refractivity contribution in [3.05, 3.63) is 29.8 Å². The molecular formula is C29H45N3O11. The summed E-state index contributed by atoms with van der Waals surface area (Å²) in [6.45, 7) is 5.21. The van der Waals surface area contributed by atoms with Gasteiger partial charge < -0.3 is 30.6 Å². The summed E-state index contributed by atoms with van der Waals surface area (Å²) in [6.07, 6.45) is 0.854. The number of phenolic OH excluding ortho intramolecular Hbond substituents is 1. The zero-order valence-corrected chi connectivity index (χ0v) is 25.1. The number of aromatic hydroxyl groups is 1. The van der Waals surface area contributed by atoms with Gasteiger partial charge >= 0.3 is 29.8 Å². The number of benzene rings is 1. The Morgan fingerprint density at radius 3 is 1.30 bits per heavy atom. The van der Waals surface area contributed by atoms with Crippen LogP contribution >= 0.6 is 0 Å². The lowest BCUT2D eigenvalue weighted by atomic mass is 9.97. The van der Waals surface area contributed by atoms with Crippen molar-refractivity contribution in [1.82, 2.24) is 14.7 Å². The molecule has 0 saturated carbocycles. The van der Waals surface area contributed by atoms with Gasteiger partial charge in [0.15, 0.2) is 0 Å². The van der Waals surface area contributed by atoms with Crippen molar-refractivity contribution < 1.29 is 54.6 Å². The monoisotopic (exact) mass is 611 g/mol. The molecule has 14 heteroatoms. The first-order valence-electron chi connectivity index (χ1n) is 14.2. The summed E-state index contributed by atoms with van der Waals surface area (Å²) < 4.78 is 0. The Bertz CT molecular complexity index is 1030. The molecule has 14 nitrogen and oxygen atoms in total. The molecule has 0 fully saturated rings. The molecule has 0 aromatic heterocycles. The number of carbonyl (C=O) groups is 5. The SMILES string of the molecule is CCC(C)C(C(=O)O)N(CCN(CCN(CC(=O)O)[C@H](C(=O)O)[C@@H](C)CC)[C@@H](Cc1ccc(O)cc1)C(=O)O)CC(=O)O. The molecule has 0 heterocycles. The van der Waals surface area contributed by atoms with Crippen molar-refractivity contribution >= 4 is 29.8 Å². The van der Waals surface area contributed by atoms with E-state index in [1.165, 1.54) is 26.8 Å². The highest BCUT2D eigenvalue weighted by atomic mass is 16.4. The maximum Gasteiger partial charge on any atom is 0.321 e. The minimum Gasteiger partial charge on any atom is -0.508 e. The average molecular weight is 612 g/mol. The highest BCUT2D eigenvalue weighted by Gasteiger charge is 2.35. The molecule has 6 N–H and O–H groups in total. The van der Waals surface area contributed by atoms with E-state index in [2.05, 4.69) is 0 Å². The number of carboxylic acids is 5. The Hall–Kier alpha value is -3.75. The van der Waals surface area contributed by atoms with Crippen LogP contribution in [-0.2, 0) is 30.4 Å². The fourth-order valence-electron chi connectivity index (χ4n) is 5.11. The number of hydrogen-bond donors (Lipinski definition) is 6. The molecule has 1 aromatic carbocycles. The molecule has 5 atom stereocenters. The van der Waals surface area contributed by atoms with Gasteiger partial charge in [-0.15, -0.1) is 0 Å². The van der Waals surface area contributed by atoms with E-state index < -0.39 is 72.9 Å². The van der Waals surface area contributed by atoms with E-state index in [0.717, 1.165) is 0 Å². The molecule has 0 bridgehead atoms. The van der Waals surface area contributed by atoms with Gasteiger partial charge in [0.1, 0.15) is 23.9 Å². The van der Waals surface area contributed by atoms with Gasteiger partial charge in [-0.2, -0.15) is 0 Å². The summed E-state index contributed by atoms with van der Waals surface area (Å²) >= 11 is 0. The topological polar surface area (TPSA) is 216 Å².